The molecular weight excluding hydrogens is 160 g/mol. The van der Waals surface area contributed by atoms with Crippen LogP contribution in [0.1, 0.15) is 11.1 Å². The summed E-state index contributed by atoms with van der Waals surface area (Å²) in [5.41, 5.74) is 2.00. The van der Waals surface area contributed by atoms with Crippen LogP contribution in [0.25, 0.3) is 0 Å². The Labute approximate surface area is 76.5 Å². The van der Waals surface area contributed by atoms with Crippen molar-refractivity contribution in [1.29, 1.82) is 0 Å². The zero-order valence-corrected chi connectivity index (χ0v) is 8.75. The fraction of sp³-hybridized carbons (Fsp3) is 0.273. The maximum atomic E-state index is 3.88. The molecule has 0 saturated heterocycles. The predicted octanol–water partition coefficient (Wildman–Crippen LogP) is 3.25. The second-order valence-electron chi connectivity index (χ2n) is 3.20. The fourth-order valence-electron chi connectivity index (χ4n) is 1.37. The van der Waals surface area contributed by atoms with Gasteiger partial charge in [0.15, 0.2) is 0 Å². The first-order chi connectivity index (χ1) is 5.75. The van der Waals surface area contributed by atoms with Gasteiger partial charge in [-0.1, -0.05) is 49.5 Å². The standard InChI is InChI=1S/C11H15Si/c1-4-11(12(2)3)10-8-6-5-7-9-10/h4-9,11H,1H2,2-3H3. The largest absolute Gasteiger partial charge is 0.103 e. The lowest BCUT2D eigenvalue weighted by atomic mass is 10.1. The smallest absolute Gasteiger partial charge is 0.0547 e. The van der Waals surface area contributed by atoms with Crippen molar-refractivity contribution in [2.24, 2.45) is 0 Å². The van der Waals surface area contributed by atoms with Gasteiger partial charge in [0.05, 0.1) is 8.80 Å². The van der Waals surface area contributed by atoms with Crippen LogP contribution in [0.2, 0.25) is 13.1 Å². The molecule has 1 unspecified atom stereocenters. The summed E-state index contributed by atoms with van der Waals surface area (Å²) in [6, 6.07) is 10.6. The quantitative estimate of drug-likeness (QED) is 0.488. The molecule has 1 aromatic carbocycles. The van der Waals surface area contributed by atoms with E-state index < -0.39 is 0 Å². The highest BCUT2D eigenvalue weighted by molar-refractivity contribution is 6.58. The Morgan fingerprint density at radius 3 is 2.25 bits per heavy atom. The van der Waals surface area contributed by atoms with E-state index in [9.17, 15) is 0 Å². The number of hydrogen-bond acceptors (Lipinski definition) is 0. The van der Waals surface area contributed by atoms with Gasteiger partial charge in [0, 0.05) is 0 Å². The monoisotopic (exact) mass is 175 g/mol. The third-order valence-electron chi connectivity index (χ3n) is 2.02. The van der Waals surface area contributed by atoms with Crippen LogP contribution in [0.4, 0.5) is 0 Å². The van der Waals surface area contributed by atoms with Crippen LogP contribution in [0.5, 0.6) is 0 Å². The Morgan fingerprint density at radius 1 is 1.25 bits per heavy atom. The molecule has 1 heteroatoms. The van der Waals surface area contributed by atoms with Gasteiger partial charge in [-0.3, -0.25) is 0 Å². The van der Waals surface area contributed by atoms with E-state index in [1.165, 1.54) is 5.56 Å². The summed E-state index contributed by atoms with van der Waals surface area (Å²) in [5, 5.41) is 0. The lowest BCUT2D eigenvalue weighted by molar-refractivity contribution is 1.17. The second-order valence-corrected chi connectivity index (χ2v) is 5.98. The molecule has 12 heavy (non-hydrogen) atoms. The first kappa shape index (κ1) is 9.27. The van der Waals surface area contributed by atoms with E-state index in [1.807, 2.05) is 0 Å². The third kappa shape index (κ3) is 2.08. The SMILES string of the molecule is C=CC(c1ccccc1)[Si](C)C. The van der Waals surface area contributed by atoms with Crippen molar-refractivity contribution < 1.29 is 0 Å². The molecule has 0 nitrogen and oxygen atoms in total. The van der Waals surface area contributed by atoms with Crippen molar-refractivity contribution in [2.75, 3.05) is 0 Å². The molecule has 1 radical (unpaired) electrons. The van der Waals surface area contributed by atoms with E-state index in [2.05, 4.69) is 56.1 Å². The Morgan fingerprint density at radius 2 is 1.83 bits per heavy atom. The van der Waals surface area contributed by atoms with E-state index in [4.69, 9.17) is 0 Å². The first-order valence-electron chi connectivity index (χ1n) is 4.23. The average molecular weight is 175 g/mol. The first-order valence-corrected chi connectivity index (χ1v) is 6.81. The zero-order valence-electron chi connectivity index (χ0n) is 7.75. The molecule has 1 rings (SSSR count). The highest BCUT2D eigenvalue weighted by atomic mass is 28.3. The van der Waals surface area contributed by atoms with Crippen LogP contribution in [0.3, 0.4) is 0 Å². The van der Waals surface area contributed by atoms with Crippen molar-refractivity contribution >= 4 is 8.80 Å². The van der Waals surface area contributed by atoms with Gasteiger partial charge >= 0.3 is 0 Å². The van der Waals surface area contributed by atoms with Gasteiger partial charge < -0.3 is 0 Å². The van der Waals surface area contributed by atoms with Crippen LogP contribution >= 0.6 is 0 Å². The summed E-state index contributed by atoms with van der Waals surface area (Å²) in [4.78, 5) is 0. The minimum Gasteiger partial charge on any atom is -0.103 e. The Balaban J connectivity index is 2.88. The van der Waals surface area contributed by atoms with Gasteiger partial charge in [0.25, 0.3) is 0 Å². The van der Waals surface area contributed by atoms with Crippen molar-refractivity contribution in [2.45, 2.75) is 18.6 Å². The molecule has 0 aliphatic rings. The zero-order chi connectivity index (χ0) is 8.97. The molecule has 1 atom stereocenters. The van der Waals surface area contributed by atoms with Gasteiger partial charge in [0.2, 0.25) is 0 Å². The lowest BCUT2D eigenvalue weighted by Gasteiger charge is -2.14. The van der Waals surface area contributed by atoms with E-state index in [0.29, 0.717) is 5.54 Å². The minimum atomic E-state index is -0.294. The number of benzene rings is 1. The fourth-order valence-corrected chi connectivity index (χ4v) is 2.70. The van der Waals surface area contributed by atoms with Gasteiger partial charge in [0.1, 0.15) is 0 Å². The van der Waals surface area contributed by atoms with Crippen molar-refractivity contribution in [1.82, 2.24) is 0 Å². The molecule has 0 aromatic heterocycles. The minimum absolute atomic E-state index is 0.294. The number of hydrogen-bond donors (Lipinski definition) is 0. The van der Waals surface area contributed by atoms with Gasteiger partial charge in [-0.05, 0) is 11.1 Å². The van der Waals surface area contributed by atoms with E-state index in [-0.39, 0.29) is 8.80 Å². The second kappa shape index (κ2) is 4.26. The summed E-state index contributed by atoms with van der Waals surface area (Å²) in [5.74, 6) is 0. The Hall–Kier alpha value is -0.823. The van der Waals surface area contributed by atoms with Crippen molar-refractivity contribution in [3.05, 3.63) is 48.6 Å². The van der Waals surface area contributed by atoms with E-state index >= 15 is 0 Å². The molecule has 0 saturated carbocycles. The molecule has 0 aliphatic carbocycles. The third-order valence-corrected chi connectivity index (χ3v) is 3.83. The summed E-state index contributed by atoms with van der Waals surface area (Å²) in [6.07, 6.45) is 2.07. The molecule has 0 spiro atoms. The van der Waals surface area contributed by atoms with Crippen molar-refractivity contribution in [3.8, 4) is 0 Å². The summed E-state index contributed by atoms with van der Waals surface area (Å²) < 4.78 is 0. The van der Waals surface area contributed by atoms with Crippen LogP contribution in [-0.2, 0) is 0 Å². The molecule has 0 bridgehead atoms. The van der Waals surface area contributed by atoms with Crippen LogP contribution in [0.15, 0.2) is 43.0 Å². The lowest BCUT2D eigenvalue weighted by Crippen LogP contribution is -2.13. The summed E-state index contributed by atoms with van der Waals surface area (Å²) >= 11 is 0. The van der Waals surface area contributed by atoms with E-state index in [1.54, 1.807) is 0 Å². The molecule has 0 amide bonds. The summed E-state index contributed by atoms with van der Waals surface area (Å²) in [7, 11) is -0.294. The van der Waals surface area contributed by atoms with Crippen molar-refractivity contribution in [3.63, 3.8) is 0 Å². The normalized spacial score (nSPS) is 12.9. The molecule has 1 aromatic rings. The predicted molar refractivity (Wildman–Crippen MR) is 56.9 cm³/mol. The maximum absolute atomic E-state index is 3.88. The maximum Gasteiger partial charge on any atom is 0.0547 e. The molecule has 0 heterocycles. The Kier molecular flexibility index (Phi) is 3.29. The molecular formula is C11H15Si. The summed E-state index contributed by atoms with van der Waals surface area (Å²) in [6.45, 7) is 8.53. The highest BCUT2D eigenvalue weighted by Crippen LogP contribution is 2.19. The number of allylic oxidation sites excluding steroid dienone is 1. The molecule has 0 fully saturated rings. The van der Waals surface area contributed by atoms with Crippen LogP contribution in [0, 0.1) is 0 Å². The van der Waals surface area contributed by atoms with Gasteiger partial charge in [-0.25, -0.2) is 0 Å². The highest BCUT2D eigenvalue weighted by Gasteiger charge is 2.11. The topological polar surface area (TPSA) is 0 Å². The van der Waals surface area contributed by atoms with Crippen LogP contribution < -0.4 is 0 Å². The average Bonchev–Trinajstić information content (AvgIpc) is 2.07. The number of rotatable bonds is 3. The van der Waals surface area contributed by atoms with Gasteiger partial charge in [-0.15, -0.1) is 6.58 Å². The van der Waals surface area contributed by atoms with Gasteiger partial charge in [-0.2, -0.15) is 0 Å². The van der Waals surface area contributed by atoms with E-state index in [0.717, 1.165) is 0 Å². The van der Waals surface area contributed by atoms with Crippen LogP contribution in [-0.4, -0.2) is 8.80 Å². The Bertz CT molecular complexity index is 238. The molecule has 63 valence electrons. The molecule has 0 N–H and O–H groups in total. The molecule has 0 aliphatic heterocycles.